The number of aromatic nitrogens is 1. The molecular formula is C19H18ClFN2O. The van der Waals surface area contributed by atoms with Crippen molar-refractivity contribution in [1.82, 2.24) is 4.98 Å². The van der Waals surface area contributed by atoms with Crippen molar-refractivity contribution in [1.29, 1.82) is 0 Å². The van der Waals surface area contributed by atoms with E-state index in [4.69, 9.17) is 16.3 Å². The third-order valence-electron chi connectivity index (χ3n) is 3.93. The van der Waals surface area contributed by atoms with Crippen molar-refractivity contribution in [2.24, 2.45) is 0 Å². The third kappa shape index (κ3) is 3.29. The van der Waals surface area contributed by atoms with Crippen LogP contribution in [0.1, 0.15) is 16.7 Å². The Morgan fingerprint density at radius 3 is 2.75 bits per heavy atom. The summed E-state index contributed by atoms with van der Waals surface area (Å²) in [7, 11) is 1.58. The van der Waals surface area contributed by atoms with Crippen LogP contribution in [0, 0.1) is 6.92 Å². The van der Waals surface area contributed by atoms with Crippen molar-refractivity contribution in [2.75, 3.05) is 12.4 Å². The number of hydrogen-bond donors (Lipinski definition) is 1. The average molecular weight is 345 g/mol. The first kappa shape index (κ1) is 16.5. The molecular weight excluding hydrogens is 327 g/mol. The zero-order valence-electron chi connectivity index (χ0n) is 13.6. The average Bonchev–Trinajstić information content (AvgIpc) is 2.59. The van der Waals surface area contributed by atoms with E-state index in [1.54, 1.807) is 13.3 Å². The molecule has 24 heavy (non-hydrogen) atoms. The molecule has 3 aromatic rings. The molecule has 1 aromatic heterocycles. The van der Waals surface area contributed by atoms with Crippen molar-refractivity contribution in [3.05, 3.63) is 64.3 Å². The summed E-state index contributed by atoms with van der Waals surface area (Å²) in [5.41, 5.74) is 4.26. The van der Waals surface area contributed by atoms with E-state index < -0.39 is 6.67 Å². The zero-order chi connectivity index (χ0) is 17.1. The summed E-state index contributed by atoms with van der Waals surface area (Å²) >= 11 is 6.16. The molecule has 0 radical (unpaired) electrons. The number of nitrogens with zero attached hydrogens (tertiary/aromatic N) is 1. The van der Waals surface area contributed by atoms with Gasteiger partial charge in [0.2, 0.25) is 0 Å². The lowest BCUT2D eigenvalue weighted by atomic mass is 10.1. The number of methoxy groups -OCH3 is 1. The standard InChI is InChI=1S/C19H18ClFN2O/c1-12-3-5-17-15(7-12)19(14(9-21)11-22-17)23-10-13-4-6-18(24-2)16(20)8-13/h3-8,11H,9-10H2,1-2H3,(H,22,23). The molecule has 0 amide bonds. The third-order valence-corrected chi connectivity index (χ3v) is 4.23. The highest BCUT2D eigenvalue weighted by molar-refractivity contribution is 6.32. The molecule has 5 heteroatoms. The Hall–Kier alpha value is -2.33. The lowest BCUT2D eigenvalue weighted by Crippen LogP contribution is -2.04. The van der Waals surface area contributed by atoms with E-state index in [0.29, 0.717) is 22.9 Å². The first-order valence-corrected chi connectivity index (χ1v) is 8.00. The zero-order valence-corrected chi connectivity index (χ0v) is 14.3. The van der Waals surface area contributed by atoms with Gasteiger partial charge in [-0.05, 0) is 36.8 Å². The Labute approximate surface area is 145 Å². The molecule has 1 N–H and O–H groups in total. The van der Waals surface area contributed by atoms with Crippen LogP contribution in [0.15, 0.2) is 42.6 Å². The number of anilines is 1. The lowest BCUT2D eigenvalue weighted by Gasteiger charge is -2.14. The van der Waals surface area contributed by atoms with E-state index in [1.807, 2.05) is 43.3 Å². The van der Waals surface area contributed by atoms with Crippen LogP contribution in [0.2, 0.25) is 5.02 Å². The summed E-state index contributed by atoms with van der Waals surface area (Å²) in [5, 5.41) is 4.81. The number of ether oxygens (including phenoxy) is 1. The molecule has 0 saturated carbocycles. The second-order valence-electron chi connectivity index (χ2n) is 5.64. The van der Waals surface area contributed by atoms with Crippen molar-refractivity contribution in [3.8, 4) is 5.75 Å². The topological polar surface area (TPSA) is 34.1 Å². The largest absolute Gasteiger partial charge is 0.495 e. The molecule has 0 aliphatic rings. The van der Waals surface area contributed by atoms with Gasteiger partial charge in [0.05, 0.1) is 23.3 Å². The number of halogens is 2. The van der Waals surface area contributed by atoms with Gasteiger partial charge in [-0.25, -0.2) is 4.39 Å². The maximum atomic E-state index is 13.4. The van der Waals surface area contributed by atoms with Gasteiger partial charge in [-0.15, -0.1) is 0 Å². The van der Waals surface area contributed by atoms with Gasteiger partial charge < -0.3 is 10.1 Å². The molecule has 0 aliphatic carbocycles. The van der Waals surface area contributed by atoms with E-state index in [1.165, 1.54) is 0 Å². The highest BCUT2D eigenvalue weighted by Gasteiger charge is 2.10. The van der Waals surface area contributed by atoms with Crippen molar-refractivity contribution in [3.63, 3.8) is 0 Å². The van der Waals surface area contributed by atoms with E-state index in [9.17, 15) is 4.39 Å². The molecule has 0 aliphatic heterocycles. The minimum atomic E-state index is -0.567. The Bertz CT molecular complexity index is 883. The van der Waals surface area contributed by atoms with Crippen molar-refractivity contribution >= 4 is 28.2 Å². The van der Waals surface area contributed by atoms with Gasteiger partial charge in [-0.1, -0.05) is 29.3 Å². The summed E-state index contributed by atoms with van der Waals surface area (Å²) in [6, 6.07) is 11.6. The number of nitrogens with one attached hydrogen (secondary N) is 1. The van der Waals surface area contributed by atoms with Crippen LogP contribution in [0.3, 0.4) is 0 Å². The summed E-state index contributed by atoms with van der Waals surface area (Å²) in [5.74, 6) is 0.634. The van der Waals surface area contributed by atoms with E-state index in [-0.39, 0.29) is 0 Å². The van der Waals surface area contributed by atoms with Gasteiger partial charge in [-0.3, -0.25) is 4.98 Å². The summed E-state index contributed by atoms with van der Waals surface area (Å²) in [4.78, 5) is 4.33. The lowest BCUT2D eigenvalue weighted by molar-refractivity contribution is 0.415. The fourth-order valence-electron chi connectivity index (χ4n) is 2.67. The van der Waals surface area contributed by atoms with E-state index in [2.05, 4.69) is 10.3 Å². The fourth-order valence-corrected chi connectivity index (χ4v) is 2.95. The maximum absolute atomic E-state index is 13.4. The molecule has 0 fully saturated rings. The van der Waals surface area contributed by atoms with Crippen LogP contribution in [0.25, 0.3) is 10.9 Å². The quantitative estimate of drug-likeness (QED) is 0.683. The van der Waals surface area contributed by atoms with Gasteiger partial charge in [-0.2, -0.15) is 0 Å². The number of aryl methyl sites for hydroxylation is 1. The number of alkyl halides is 1. The van der Waals surface area contributed by atoms with Crippen LogP contribution >= 0.6 is 11.6 Å². The minimum absolute atomic E-state index is 0.532. The smallest absolute Gasteiger partial charge is 0.137 e. The molecule has 0 unspecified atom stereocenters. The van der Waals surface area contributed by atoms with Gasteiger partial charge >= 0.3 is 0 Å². The van der Waals surface area contributed by atoms with Crippen molar-refractivity contribution < 1.29 is 9.13 Å². The van der Waals surface area contributed by atoms with Crippen LogP contribution < -0.4 is 10.1 Å². The second-order valence-corrected chi connectivity index (χ2v) is 6.04. The van der Waals surface area contributed by atoms with Gasteiger partial charge in [0, 0.05) is 23.7 Å². The highest BCUT2D eigenvalue weighted by Crippen LogP contribution is 2.29. The second kappa shape index (κ2) is 7.05. The Balaban J connectivity index is 1.94. The van der Waals surface area contributed by atoms with Gasteiger partial charge in [0.1, 0.15) is 12.4 Å². The fraction of sp³-hybridized carbons (Fsp3) is 0.211. The molecule has 3 rings (SSSR count). The molecule has 124 valence electrons. The normalized spacial score (nSPS) is 10.8. The molecule has 0 atom stereocenters. The number of pyridine rings is 1. The molecule has 0 saturated heterocycles. The summed E-state index contributed by atoms with van der Waals surface area (Å²) in [6.07, 6.45) is 1.58. The van der Waals surface area contributed by atoms with Crippen LogP contribution in [-0.4, -0.2) is 12.1 Å². The Morgan fingerprint density at radius 1 is 1.21 bits per heavy atom. The number of benzene rings is 2. The molecule has 0 spiro atoms. The van der Waals surface area contributed by atoms with Crippen molar-refractivity contribution in [2.45, 2.75) is 20.1 Å². The Morgan fingerprint density at radius 2 is 2.04 bits per heavy atom. The van der Waals surface area contributed by atoms with E-state index in [0.717, 1.165) is 27.7 Å². The predicted molar refractivity (Wildman–Crippen MR) is 96.6 cm³/mol. The van der Waals surface area contributed by atoms with Crippen LogP contribution in [0.4, 0.5) is 10.1 Å². The number of fused-ring (bicyclic) bond motifs is 1. The van der Waals surface area contributed by atoms with Gasteiger partial charge in [0.25, 0.3) is 0 Å². The van der Waals surface area contributed by atoms with E-state index >= 15 is 0 Å². The summed E-state index contributed by atoms with van der Waals surface area (Å²) < 4.78 is 18.5. The summed E-state index contributed by atoms with van der Waals surface area (Å²) in [6.45, 7) is 1.97. The maximum Gasteiger partial charge on any atom is 0.137 e. The first-order chi connectivity index (χ1) is 11.6. The molecule has 1 heterocycles. The first-order valence-electron chi connectivity index (χ1n) is 7.63. The minimum Gasteiger partial charge on any atom is -0.495 e. The molecule has 3 nitrogen and oxygen atoms in total. The Kier molecular flexibility index (Phi) is 4.86. The van der Waals surface area contributed by atoms with Crippen LogP contribution in [-0.2, 0) is 13.2 Å². The monoisotopic (exact) mass is 344 g/mol. The number of rotatable bonds is 5. The highest BCUT2D eigenvalue weighted by atomic mass is 35.5. The molecule has 2 aromatic carbocycles. The molecule has 0 bridgehead atoms. The SMILES string of the molecule is COc1ccc(CNc2c(CF)cnc3ccc(C)cc23)cc1Cl. The van der Waals surface area contributed by atoms with Crippen LogP contribution in [0.5, 0.6) is 5.75 Å². The number of hydrogen-bond acceptors (Lipinski definition) is 3. The predicted octanol–water partition coefficient (Wildman–Crippen LogP) is 5.29. The van der Waals surface area contributed by atoms with Gasteiger partial charge in [0.15, 0.2) is 0 Å².